The van der Waals surface area contributed by atoms with E-state index in [2.05, 4.69) is 39.3 Å². The number of aromatic nitrogens is 1. The molecule has 142 valence electrons. The zero-order chi connectivity index (χ0) is 19.3. The Kier molecular flexibility index (Phi) is 5.35. The number of likely N-dealkylation sites (N-methyl/N-ethyl adjacent to an activating group) is 1. The molecule has 5 heteroatoms. The third-order valence-electron chi connectivity index (χ3n) is 5.13. The van der Waals surface area contributed by atoms with Crippen LogP contribution in [0.15, 0.2) is 73.1 Å². The van der Waals surface area contributed by atoms with Crippen LogP contribution >= 0.6 is 0 Å². The molecule has 5 nitrogen and oxygen atoms in total. The fraction of sp³-hybridized carbons (Fsp3) is 0.217. The average molecular weight is 372 g/mol. The van der Waals surface area contributed by atoms with Crippen molar-refractivity contribution in [2.45, 2.75) is 0 Å². The first-order valence-electron chi connectivity index (χ1n) is 9.54. The van der Waals surface area contributed by atoms with Crippen molar-refractivity contribution in [3.63, 3.8) is 0 Å². The van der Waals surface area contributed by atoms with Crippen LogP contribution in [-0.4, -0.2) is 49.0 Å². The van der Waals surface area contributed by atoms with Crippen molar-refractivity contribution in [1.29, 1.82) is 0 Å². The predicted molar refractivity (Wildman–Crippen MR) is 114 cm³/mol. The highest BCUT2D eigenvalue weighted by atomic mass is 16.1. The topological polar surface area (TPSA) is 48.5 Å². The molecule has 0 unspecified atom stereocenters. The summed E-state index contributed by atoms with van der Waals surface area (Å²) in [6.07, 6.45) is 3.53. The lowest BCUT2D eigenvalue weighted by atomic mass is 10.0. The van der Waals surface area contributed by atoms with Gasteiger partial charge in [-0.2, -0.15) is 0 Å². The summed E-state index contributed by atoms with van der Waals surface area (Å²) in [5, 5.41) is 3.02. The van der Waals surface area contributed by atoms with Crippen molar-refractivity contribution < 1.29 is 4.79 Å². The molecule has 0 saturated carbocycles. The van der Waals surface area contributed by atoms with Gasteiger partial charge in [-0.25, -0.2) is 0 Å². The van der Waals surface area contributed by atoms with Gasteiger partial charge in [-0.15, -0.1) is 0 Å². The molecule has 1 aromatic heterocycles. The van der Waals surface area contributed by atoms with Gasteiger partial charge in [0.1, 0.15) is 0 Å². The van der Waals surface area contributed by atoms with Crippen LogP contribution in [0.5, 0.6) is 0 Å². The molecule has 2 heterocycles. The summed E-state index contributed by atoms with van der Waals surface area (Å²) in [4.78, 5) is 21.4. The van der Waals surface area contributed by atoms with Gasteiger partial charge in [0, 0.05) is 55.5 Å². The fourth-order valence-electron chi connectivity index (χ4n) is 3.41. The number of hydrogen-bond donors (Lipinski definition) is 1. The standard InChI is InChI=1S/C23H24N4O/c1-26-13-15-27(16-14-26)22-4-2-3-21(17-22)25-23(28)20-7-5-18(6-8-20)19-9-11-24-12-10-19/h2-12,17H,13-16H2,1H3,(H,25,28). The first kappa shape index (κ1) is 18.2. The van der Waals surface area contributed by atoms with Gasteiger partial charge in [0.15, 0.2) is 0 Å². The van der Waals surface area contributed by atoms with Gasteiger partial charge >= 0.3 is 0 Å². The molecule has 1 N–H and O–H groups in total. The number of carbonyl (C=O) groups is 1. The molecule has 1 aliphatic heterocycles. The molecule has 0 radical (unpaired) electrons. The van der Waals surface area contributed by atoms with Crippen LogP contribution in [0, 0.1) is 0 Å². The average Bonchev–Trinajstić information content (AvgIpc) is 2.75. The maximum absolute atomic E-state index is 12.7. The van der Waals surface area contributed by atoms with Gasteiger partial charge in [-0.1, -0.05) is 18.2 Å². The maximum Gasteiger partial charge on any atom is 0.255 e. The minimum absolute atomic E-state index is 0.100. The Morgan fingerprint density at radius 3 is 2.29 bits per heavy atom. The lowest BCUT2D eigenvalue weighted by molar-refractivity contribution is 0.102. The number of anilines is 2. The molecule has 1 aliphatic rings. The quantitative estimate of drug-likeness (QED) is 0.758. The molecule has 2 aromatic carbocycles. The van der Waals surface area contributed by atoms with E-state index in [9.17, 15) is 4.79 Å². The van der Waals surface area contributed by atoms with Crippen molar-refractivity contribution in [1.82, 2.24) is 9.88 Å². The molecule has 4 rings (SSSR count). The Labute approximate surface area is 165 Å². The van der Waals surface area contributed by atoms with E-state index in [-0.39, 0.29) is 5.91 Å². The minimum Gasteiger partial charge on any atom is -0.369 e. The largest absolute Gasteiger partial charge is 0.369 e. The van der Waals surface area contributed by atoms with Crippen LogP contribution in [0.1, 0.15) is 10.4 Å². The highest BCUT2D eigenvalue weighted by molar-refractivity contribution is 6.04. The lowest BCUT2D eigenvalue weighted by Crippen LogP contribution is -2.44. The van der Waals surface area contributed by atoms with Gasteiger partial charge in [-0.05, 0) is 60.6 Å². The highest BCUT2D eigenvalue weighted by Crippen LogP contribution is 2.22. The molecule has 1 saturated heterocycles. The smallest absolute Gasteiger partial charge is 0.255 e. The summed E-state index contributed by atoms with van der Waals surface area (Å²) >= 11 is 0. The van der Waals surface area contributed by atoms with E-state index in [1.54, 1.807) is 12.4 Å². The summed E-state index contributed by atoms with van der Waals surface area (Å²) < 4.78 is 0. The number of nitrogens with one attached hydrogen (secondary N) is 1. The van der Waals surface area contributed by atoms with E-state index in [1.807, 2.05) is 48.5 Å². The monoisotopic (exact) mass is 372 g/mol. The van der Waals surface area contributed by atoms with Crippen molar-refractivity contribution in [3.8, 4) is 11.1 Å². The molecule has 0 aliphatic carbocycles. The summed E-state index contributed by atoms with van der Waals surface area (Å²) in [6, 6.07) is 19.6. The number of rotatable bonds is 4. The van der Waals surface area contributed by atoms with Crippen molar-refractivity contribution >= 4 is 17.3 Å². The Morgan fingerprint density at radius 2 is 1.57 bits per heavy atom. The van der Waals surface area contributed by atoms with Gasteiger partial charge in [0.05, 0.1) is 0 Å². The summed E-state index contributed by atoms with van der Waals surface area (Å²) in [5.41, 5.74) is 4.76. The van der Waals surface area contributed by atoms with E-state index in [4.69, 9.17) is 0 Å². The molecular weight excluding hydrogens is 348 g/mol. The summed E-state index contributed by atoms with van der Waals surface area (Å²) in [7, 11) is 2.15. The molecule has 0 atom stereocenters. The van der Waals surface area contributed by atoms with E-state index in [0.29, 0.717) is 5.56 Å². The third kappa shape index (κ3) is 4.21. The minimum atomic E-state index is -0.100. The van der Waals surface area contributed by atoms with Gasteiger partial charge in [0.25, 0.3) is 5.91 Å². The van der Waals surface area contributed by atoms with E-state index >= 15 is 0 Å². The number of piperazine rings is 1. The Bertz CT molecular complexity index is 932. The Hall–Kier alpha value is -3.18. The van der Waals surface area contributed by atoms with Crippen LogP contribution < -0.4 is 10.2 Å². The Morgan fingerprint density at radius 1 is 0.893 bits per heavy atom. The normalized spacial score (nSPS) is 14.7. The molecule has 1 amide bonds. The SMILES string of the molecule is CN1CCN(c2cccc(NC(=O)c3ccc(-c4ccncc4)cc3)c2)CC1. The van der Waals surface area contributed by atoms with E-state index in [1.165, 1.54) is 0 Å². The maximum atomic E-state index is 12.7. The van der Waals surface area contributed by atoms with Crippen LogP contribution in [-0.2, 0) is 0 Å². The molecule has 1 fully saturated rings. The first-order valence-corrected chi connectivity index (χ1v) is 9.54. The van der Waals surface area contributed by atoms with Gasteiger partial charge < -0.3 is 15.1 Å². The number of hydrogen-bond acceptors (Lipinski definition) is 4. The second kappa shape index (κ2) is 8.23. The van der Waals surface area contributed by atoms with Gasteiger partial charge in [-0.3, -0.25) is 9.78 Å². The fourth-order valence-corrected chi connectivity index (χ4v) is 3.41. The van der Waals surface area contributed by atoms with Crippen molar-refractivity contribution in [2.75, 3.05) is 43.4 Å². The van der Waals surface area contributed by atoms with Crippen LogP contribution in [0.4, 0.5) is 11.4 Å². The van der Waals surface area contributed by atoms with Crippen LogP contribution in [0.3, 0.4) is 0 Å². The second-order valence-electron chi connectivity index (χ2n) is 7.11. The zero-order valence-electron chi connectivity index (χ0n) is 16.0. The highest BCUT2D eigenvalue weighted by Gasteiger charge is 2.15. The molecule has 3 aromatic rings. The lowest BCUT2D eigenvalue weighted by Gasteiger charge is -2.34. The van der Waals surface area contributed by atoms with E-state index in [0.717, 1.165) is 48.7 Å². The molecule has 0 bridgehead atoms. The zero-order valence-corrected chi connectivity index (χ0v) is 16.0. The first-order chi connectivity index (χ1) is 13.7. The van der Waals surface area contributed by atoms with Crippen LogP contribution in [0.2, 0.25) is 0 Å². The Balaban J connectivity index is 1.44. The molecule has 0 spiro atoms. The van der Waals surface area contributed by atoms with Crippen LogP contribution in [0.25, 0.3) is 11.1 Å². The molecular formula is C23H24N4O. The van der Waals surface area contributed by atoms with Crippen molar-refractivity contribution in [2.24, 2.45) is 0 Å². The van der Waals surface area contributed by atoms with Gasteiger partial charge in [0.2, 0.25) is 0 Å². The summed E-state index contributed by atoms with van der Waals surface area (Å²) in [5.74, 6) is -0.100. The number of benzene rings is 2. The predicted octanol–water partition coefficient (Wildman–Crippen LogP) is 3.75. The van der Waals surface area contributed by atoms with Crippen molar-refractivity contribution in [3.05, 3.63) is 78.6 Å². The number of nitrogens with zero attached hydrogens (tertiary/aromatic N) is 3. The molecule has 28 heavy (non-hydrogen) atoms. The van der Waals surface area contributed by atoms with E-state index < -0.39 is 0 Å². The summed E-state index contributed by atoms with van der Waals surface area (Å²) in [6.45, 7) is 4.12. The number of pyridine rings is 1. The second-order valence-corrected chi connectivity index (χ2v) is 7.11. The third-order valence-corrected chi connectivity index (χ3v) is 5.13. The number of carbonyl (C=O) groups excluding carboxylic acids is 1. The number of amides is 1.